The summed E-state index contributed by atoms with van der Waals surface area (Å²) in [4.78, 5) is 0. The molecule has 4 heteroatoms. The number of nitrogens with two attached hydrogens (primary N) is 1. The lowest BCUT2D eigenvalue weighted by Crippen LogP contribution is -2.15. The van der Waals surface area contributed by atoms with Crippen molar-refractivity contribution in [2.24, 2.45) is 5.73 Å². The maximum absolute atomic E-state index is 14.1. The Hall–Kier alpha value is -1.39. The smallest absolute Gasteiger partial charge is 0.130 e. The minimum absolute atomic E-state index is 0.223. The monoisotopic (exact) mass is 337 g/mol. The molecule has 2 aromatic carbocycles. The summed E-state index contributed by atoms with van der Waals surface area (Å²) in [5.74, 6) is 0.541. The first-order valence-electron chi connectivity index (χ1n) is 6.36. The topological polar surface area (TPSA) is 35.2 Å². The van der Waals surface area contributed by atoms with Gasteiger partial charge in [-0.1, -0.05) is 34.1 Å². The molecule has 0 bridgehead atoms. The third-order valence-corrected chi connectivity index (χ3v) is 4.09. The Morgan fingerprint density at radius 2 is 2.05 bits per heavy atom. The number of aryl methyl sites for hydroxylation is 1. The number of benzene rings is 2. The van der Waals surface area contributed by atoms with Crippen molar-refractivity contribution >= 4 is 15.9 Å². The van der Waals surface area contributed by atoms with Crippen molar-refractivity contribution in [3.8, 4) is 5.75 Å². The van der Waals surface area contributed by atoms with Crippen LogP contribution in [0.5, 0.6) is 5.75 Å². The molecule has 106 valence electrons. The number of ether oxygens (including phenoxy) is 1. The Morgan fingerprint density at radius 3 is 2.75 bits per heavy atom. The van der Waals surface area contributed by atoms with Crippen molar-refractivity contribution < 1.29 is 9.13 Å². The first kappa shape index (κ1) is 15.0. The van der Waals surface area contributed by atoms with Gasteiger partial charge in [-0.25, -0.2) is 4.39 Å². The van der Waals surface area contributed by atoms with Gasteiger partial charge in [-0.3, -0.25) is 0 Å². The number of methoxy groups -OCH3 is 1. The molecule has 0 aliphatic heterocycles. The summed E-state index contributed by atoms with van der Waals surface area (Å²) in [5.41, 5.74) is 8.31. The van der Waals surface area contributed by atoms with Gasteiger partial charge in [-0.05, 0) is 42.7 Å². The van der Waals surface area contributed by atoms with Crippen LogP contribution in [0.15, 0.2) is 40.9 Å². The minimum atomic E-state index is -0.390. The SMILES string of the molecule is COc1ccc(Br)c(CC(N)c2cccc(C)c2F)c1. The van der Waals surface area contributed by atoms with Gasteiger partial charge in [0.15, 0.2) is 0 Å². The van der Waals surface area contributed by atoms with E-state index < -0.39 is 6.04 Å². The van der Waals surface area contributed by atoms with E-state index >= 15 is 0 Å². The van der Waals surface area contributed by atoms with E-state index in [-0.39, 0.29) is 5.82 Å². The summed E-state index contributed by atoms with van der Waals surface area (Å²) in [6, 6.07) is 10.6. The van der Waals surface area contributed by atoms with Crippen LogP contribution in [0.4, 0.5) is 4.39 Å². The molecule has 0 aliphatic carbocycles. The normalized spacial score (nSPS) is 12.2. The van der Waals surface area contributed by atoms with Crippen LogP contribution in [0.3, 0.4) is 0 Å². The molecule has 1 atom stereocenters. The zero-order valence-electron chi connectivity index (χ0n) is 11.5. The van der Waals surface area contributed by atoms with Gasteiger partial charge in [0.05, 0.1) is 7.11 Å². The lowest BCUT2D eigenvalue weighted by molar-refractivity contribution is 0.414. The van der Waals surface area contributed by atoms with Crippen molar-refractivity contribution in [1.29, 1.82) is 0 Å². The van der Waals surface area contributed by atoms with E-state index in [0.29, 0.717) is 17.5 Å². The molecule has 0 amide bonds. The predicted molar refractivity (Wildman–Crippen MR) is 82.5 cm³/mol. The maximum Gasteiger partial charge on any atom is 0.130 e. The summed E-state index contributed by atoms with van der Waals surface area (Å²) in [7, 11) is 1.62. The molecule has 2 nitrogen and oxygen atoms in total. The summed E-state index contributed by atoms with van der Waals surface area (Å²) in [6.07, 6.45) is 0.540. The minimum Gasteiger partial charge on any atom is -0.497 e. The first-order valence-corrected chi connectivity index (χ1v) is 7.15. The Labute approximate surface area is 126 Å². The molecule has 2 N–H and O–H groups in total. The zero-order chi connectivity index (χ0) is 14.7. The molecule has 2 rings (SSSR count). The van der Waals surface area contributed by atoms with Crippen LogP contribution in [0, 0.1) is 12.7 Å². The number of rotatable bonds is 4. The van der Waals surface area contributed by atoms with E-state index in [2.05, 4.69) is 15.9 Å². The molecule has 0 aromatic heterocycles. The predicted octanol–water partition coefficient (Wildman–Crippen LogP) is 4.15. The summed E-state index contributed by atoms with van der Waals surface area (Å²) < 4.78 is 20.2. The van der Waals surface area contributed by atoms with Gasteiger partial charge < -0.3 is 10.5 Å². The molecule has 0 saturated heterocycles. The largest absolute Gasteiger partial charge is 0.497 e. The molecule has 2 aromatic rings. The van der Waals surface area contributed by atoms with Crippen LogP contribution >= 0.6 is 15.9 Å². The van der Waals surface area contributed by atoms with Crippen molar-refractivity contribution in [3.05, 3.63) is 63.4 Å². The van der Waals surface area contributed by atoms with E-state index in [0.717, 1.165) is 15.8 Å². The maximum atomic E-state index is 14.1. The second-order valence-electron chi connectivity index (χ2n) is 4.75. The van der Waals surface area contributed by atoms with Crippen LogP contribution in [0.2, 0.25) is 0 Å². The van der Waals surface area contributed by atoms with Crippen LogP contribution in [-0.2, 0) is 6.42 Å². The lowest BCUT2D eigenvalue weighted by Gasteiger charge is -2.16. The van der Waals surface area contributed by atoms with E-state index in [1.807, 2.05) is 24.3 Å². The van der Waals surface area contributed by atoms with Crippen LogP contribution in [-0.4, -0.2) is 7.11 Å². The Kier molecular flexibility index (Phi) is 4.78. The molecule has 0 radical (unpaired) electrons. The third-order valence-electron chi connectivity index (χ3n) is 3.31. The molecule has 0 heterocycles. The van der Waals surface area contributed by atoms with Gasteiger partial charge in [0, 0.05) is 16.1 Å². The van der Waals surface area contributed by atoms with Gasteiger partial charge >= 0.3 is 0 Å². The fourth-order valence-corrected chi connectivity index (χ4v) is 2.55. The Balaban J connectivity index is 2.27. The van der Waals surface area contributed by atoms with Crippen molar-refractivity contribution in [2.45, 2.75) is 19.4 Å². The average Bonchev–Trinajstić information content (AvgIpc) is 2.44. The fraction of sp³-hybridized carbons (Fsp3) is 0.250. The van der Waals surface area contributed by atoms with Crippen molar-refractivity contribution in [1.82, 2.24) is 0 Å². The standard InChI is InChI=1S/C16H17BrFNO/c1-10-4-3-5-13(16(10)18)15(19)9-11-8-12(20-2)6-7-14(11)17/h3-8,15H,9,19H2,1-2H3. The quantitative estimate of drug-likeness (QED) is 0.909. The lowest BCUT2D eigenvalue weighted by atomic mass is 9.97. The highest BCUT2D eigenvalue weighted by molar-refractivity contribution is 9.10. The molecular formula is C16H17BrFNO. The molecule has 0 aliphatic rings. The fourth-order valence-electron chi connectivity index (χ4n) is 2.14. The third kappa shape index (κ3) is 3.19. The van der Waals surface area contributed by atoms with Gasteiger partial charge in [0.25, 0.3) is 0 Å². The number of hydrogen-bond acceptors (Lipinski definition) is 2. The summed E-state index contributed by atoms with van der Waals surface area (Å²) >= 11 is 3.49. The van der Waals surface area contributed by atoms with Gasteiger partial charge in [0.2, 0.25) is 0 Å². The highest BCUT2D eigenvalue weighted by atomic mass is 79.9. The number of halogens is 2. The Bertz CT molecular complexity index is 615. The van der Waals surface area contributed by atoms with Crippen LogP contribution < -0.4 is 10.5 Å². The van der Waals surface area contributed by atoms with E-state index in [1.54, 1.807) is 26.2 Å². The second-order valence-corrected chi connectivity index (χ2v) is 5.60. The summed E-state index contributed by atoms with van der Waals surface area (Å²) in [6.45, 7) is 1.74. The van der Waals surface area contributed by atoms with Gasteiger partial charge in [-0.2, -0.15) is 0 Å². The van der Waals surface area contributed by atoms with Crippen molar-refractivity contribution in [3.63, 3.8) is 0 Å². The first-order chi connectivity index (χ1) is 9.52. The zero-order valence-corrected chi connectivity index (χ0v) is 13.1. The molecule has 0 spiro atoms. The second kappa shape index (κ2) is 6.37. The molecular weight excluding hydrogens is 321 g/mol. The van der Waals surface area contributed by atoms with E-state index in [1.165, 1.54) is 0 Å². The molecule has 0 fully saturated rings. The Morgan fingerprint density at radius 1 is 1.30 bits per heavy atom. The molecule has 1 unspecified atom stereocenters. The van der Waals surface area contributed by atoms with Gasteiger partial charge in [0.1, 0.15) is 11.6 Å². The average molecular weight is 338 g/mol. The van der Waals surface area contributed by atoms with Crippen LogP contribution in [0.25, 0.3) is 0 Å². The molecule has 20 heavy (non-hydrogen) atoms. The number of hydrogen-bond donors (Lipinski definition) is 1. The van der Waals surface area contributed by atoms with E-state index in [4.69, 9.17) is 10.5 Å². The highest BCUT2D eigenvalue weighted by Crippen LogP contribution is 2.27. The highest BCUT2D eigenvalue weighted by Gasteiger charge is 2.15. The van der Waals surface area contributed by atoms with Crippen molar-refractivity contribution in [2.75, 3.05) is 7.11 Å². The summed E-state index contributed by atoms with van der Waals surface area (Å²) in [5, 5.41) is 0. The van der Waals surface area contributed by atoms with Gasteiger partial charge in [-0.15, -0.1) is 0 Å². The van der Waals surface area contributed by atoms with Crippen LogP contribution in [0.1, 0.15) is 22.7 Å². The van der Waals surface area contributed by atoms with E-state index in [9.17, 15) is 4.39 Å². The molecule has 0 saturated carbocycles.